The van der Waals surface area contributed by atoms with E-state index in [0.29, 0.717) is 12.4 Å². The highest BCUT2D eigenvalue weighted by atomic mass is 16.2. The first-order valence-corrected chi connectivity index (χ1v) is 5.79. The Labute approximate surface area is 109 Å². The molecule has 1 fully saturated rings. The van der Waals surface area contributed by atoms with E-state index in [0.717, 1.165) is 4.90 Å². The van der Waals surface area contributed by atoms with Crippen LogP contribution in [0.25, 0.3) is 0 Å². The average Bonchev–Trinajstić information content (AvgIpc) is 2.38. The van der Waals surface area contributed by atoms with Gasteiger partial charge in [-0.1, -0.05) is 0 Å². The number of nitrogens with zero attached hydrogens (tertiary/aromatic N) is 3. The molecule has 8 nitrogen and oxygen atoms in total. The molecule has 0 aliphatic carbocycles. The van der Waals surface area contributed by atoms with Crippen molar-refractivity contribution in [2.45, 2.75) is 6.92 Å². The second-order valence-electron chi connectivity index (χ2n) is 3.97. The van der Waals surface area contributed by atoms with Crippen molar-refractivity contribution in [1.82, 2.24) is 20.4 Å². The van der Waals surface area contributed by atoms with Crippen LogP contribution in [0.1, 0.15) is 17.4 Å². The number of nitrogens with one attached hydrogen (secondary N) is 2. The topological polar surface area (TPSA) is 104 Å². The van der Waals surface area contributed by atoms with Crippen LogP contribution in [-0.2, 0) is 9.59 Å². The molecule has 0 saturated carbocycles. The van der Waals surface area contributed by atoms with E-state index < -0.39 is 17.7 Å². The zero-order valence-corrected chi connectivity index (χ0v) is 10.3. The Morgan fingerprint density at radius 1 is 1.32 bits per heavy atom. The molecule has 8 heteroatoms. The molecule has 100 valence electrons. The molecule has 1 aromatic rings. The van der Waals surface area contributed by atoms with E-state index in [1.165, 1.54) is 6.07 Å². The summed E-state index contributed by atoms with van der Waals surface area (Å²) >= 11 is 0. The van der Waals surface area contributed by atoms with Gasteiger partial charge in [-0.05, 0) is 19.1 Å². The number of amides is 3. The Kier molecular flexibility index (Phi) is 3.69. The van der Waals surface area contributed by atoms with Gasteiger partial charge in [0.1, 0.15) is 18.9 Å². The van der Waals surface area contributed by atoms with Crippen molar-refractivity contribution in [2.75, 3.05) is 25.0 Å². The Hall–Kier alpha value is -2.51. The fraction of sp³-hybridized carbons (Fsp3) is 0.364. The second-order valence-corrected chi connectivity index (χ2v) is 3.97. The highest BCUT2D eigenvalue weighted by molar-refractivity contribution is 6.05. The molecule has 0 spiro atoms. The predicted octanol–water partition coefficient (Wildman–Crippen LogP) is -0.993. The van der Waals surface area contributed by atoms with Crippen molar-refractivity contribution in [3.63, 3.8) is 0 Å². The Morgan fingerprint density at radius 3 is 2.53 bits per heavy atom. The molecular weight excluding hydrogens is 250 g/mol. The third-order valence-corrected chi connectivity index (χ3v) is 2.48. The van der Waals surface area contributed by atoms with Gasteiger partial charge in [-0.3, -0.25) is 19.7 Å². The molecule has 0 unspecified atom stereocenters. The van der Waals surface area contributed by atoms with Crippen LogP contribution in [0.2, 0.25) is 0 Å². The number of hydrogen-bond acceptors (Lipinski definition) is 6. The second kappa shape index (κ2) is 5.42. The van der Waals surface area contributed by atoms with E-state index in [1.807, 2.05) is 6.92 Å². The summed E-state index contributed by atoms with van der Waals surface area (Å²) in [6.45, 7) is 2.31. The number of imide groups is 1. The van der Waals surface area contributed by atoms with Gasteiger partial charge < -0.3 is 10.2 Å². The van der Waals surface area contributed by atoms with Crippen LogP contribution < -0.4 is 10.6 Å². The van der Waals surface area contributed by atoms with Gasteiger partial charge in [0, 0.05) is 6.54 Å². The Bertz CT molecular complexity index is 498. The van der Waals surface area contributed by atoms with Crippen LogP contribution in [0.15, 0.2) is 12.1 Å². The van der Waals surface area contributed by atoms with Gasteiger partial charge >= 0.3 is 0 Å². The molecule has 2 rings (SSSR count). The van der Waals surface area contributed by atoms with Gasteiger partial charge in [0.15, 0.2) is 5.69 Å². The number of hydrogen-bond donors (Lipinski definition) is 2. The maximum atomic E-state index is 12.0. The summed E-state index contributed by atoms with van der Waals surface area (Å²) in [5.41, 5.74) is 0.101. The van der Waals surface area contributed by atoms with E-state index in [-0.39, 0.29) is 18.8 Å². The van der Waals surface area contributed by atoms with Crippen LogP contribution in [0.3, 0.4) is 0 Å². The van der Waals surface area contributed by atoms with E-state index in [4.69, 9.17) is 0 Å². The summed E-state index contributed by atoms with van der Waals surface area (Å²) in [7, 11) is 0. The number of carbonyl (C=O) groups excluding carboxylic acids is 3. The van der Waals surface area contributed by atoms with Crippen LogP contribution >= 0.6 is 0 Å². The van der Waals surface area contributed by atoms with E-state index in [1.54, 1.807) is 6.07 Å². The van der Waals surface area contributed by atoms with Crippen molar-refractivity contribution in [1.29, 1.82) is 0 Å². The summed E-state index contributed by atoms with van der Waals surface area (Å²) in [5.74, 6) is -0.922. The fourth-order valence-electron chi connectivity index (χ4n) is 1.66. The zero-order valence-electron chi connectivity index (χ0n) is 10.3. The maximum absolute atomic E-state index is 12.0. The molecule has 0 atom stereocenters. The highest BCUT2D eigenvalue weighted by Crippen LogP contribution is 2.06. The van der Waals surface area contributed by atoms with Crippen LogP contribution in [0, 0.1) is 0 Å². The number of carbonyl (C=O) groups is 3. The summed E-state index contributed by atoms with van der Waals surface area (Å²) in [4.78, 5) is 35.5. The lowest BCUT2D eigenvalue weighted by atomic mass is 10.3. The summed E-state index contributed by atoms with van der Waals surface area (Å²) in [6.07, 6.45) is 0. The van der Waals surface area contributed by atoms with Crippen molar-refractivity contribution in [3.8, 4) is 0 Å². The summed E-state index contributed by atoms with van der Waals surface area (Å²) < 4.78 is 0. The lowest BCUT2D eigenvalue weighted by molar-refractivity contribution is -0.135. The lowest BCUT2D eigenvalue weighted by Gasteiger charge is -2.24. The molecule has 3 amide bonds. The minimum atomic E-state index is -0.498. The van der Waals surface area contributed by atoms with Gasteiger partial charge in [-0.15, -0.1) is 10.2 Å². The van der Waals surface area contributed by atoms with Gasteiger partial charge in [0.25, 0.3) is 5.91 Å². The van der Waals surface area contributed by atoms with Gasteiger partial charge in [-0.25, -0.2) is 0 Å². The first-order valence-electron chi connectivity index (χ1n) is 5.79. The molecular formula is C11H13N5O3. The van der Waals surface area contributed by atoms with Crippen LogP contribution in [0.4, 0.5) is 5.82 Å². The highest BCUT2D eigenvalue weighted by Gasteiger charge is 2.27. The Morgan fingerprint density at radius 2 is 2.00 bits per heavy atom. The fourth-order valence-corrected chi connectivity index (χ4v) is 1.66. The third kappa shape index (κ3) is 3.03. The predicted molar refractivity (Wildman–Crippen MR) is 65.2 cm³/mol. The lowest BCUT2D eigenvalue weighted by Crippen LogP contribution is -2.53. The molecule has 1 aromatic heterocycles. The van der Waals surface area contributed by atoms with Crippen LogP contribution in [-0.4, -0.2) is 52.5 Å². The molecule has 1 aliphatic heterocycles. The molecule has 2 N–H and O–H groups in total. The standard InChI is InChI=1S/C11H13N5O3/c1-2-12-8-4-3-7(14-15-8)11(19)16-5-9(17)13-10(18)6-16/h3-4H,2,5-6H2,1H3,(H,12,15)(H,13,17,18). The van der Waals surface area contributed by atoms with Gasteiger partial charge in [0.2, 0.25) is 11.8 Å². The Balaban J connectivity index is 2.10. The monoisotopic (exact) mass is 263 g/mol. The van der Waals surface area contributed by atoms with Gasteiger partial charge in [0.05, 0.1) is 0 Å². The van der Waals surface area contributed by atoms with E-state index in [2.05, 4.69) is 20.8 Å². The summed E-state index contributed by atoms with van der Waals surface area (Å²) in [6, 6.07) is 3.12. The van der Waals surface area contributed by atoms with Crippen molar-refractivity contribution in [2.24, 2.45) is 0 Å². The van der Waals surface area contributed by atoms with Crippen molar-refractivity contribution >= 4 is 23.5 Å². The number of piperazine rings is 1. The number of aromatic nitrogens is 2. The van der Waals surface area contributed by atoms with E-state index in [9.17, 15) is 14.4 Å². The first kappa shape index (κ1) is 12.9. The minimum Gasteiger partial charge on any atom is -0.369 e. The molecule has 0 bridgehead atoms. The first-order chi connectivity index (χ1) is 9.10. The zero-order chi connectivity index (χ0) is 13.8. The largest absolute Gasteiger partial charge is 0.369 e. The molecule has 2 heterocycles. The molecule has 0 radical (unpaired) electrons. The maximum Gasteiger partial charge on any atom is 0.275 e. The average molecular weight is 263 g/mol. The SMILES string of the molecule is CCNc1ccc(C(=O)N2CC(=O)NC(=O)C2)nn1. The third-order valence-electron chi connectivity index (χ3n) is 2.48. The quantitative estimate of drug-likeness (QED) is 0.678. The molecule has 1 saturated heterocycles. The van der Waals surface area contributed by atoms with Crippen LogP contribution in [0.5, 0.6) is 0 Å². The number of rotatable bonds is 3. The molecule has 19 heavy (non-hydrogen) atoms. The number of anilines is 1. The smallest absolute Gasteiger partial charge is 0.275 e. The summed E-state index contributed by atoms with van der Waals surface area (Å²) in [5, 5.41) is 12.7. The van der Waals surface area contributed by atoms with E-state index >= 15 is 0 Å². The van der Waals surface area contributed by atoms with Crippen molar-refractivity contribution < 1.29 is 14.4 Å². The molecule has 0 aromatic carbocycles. The van der Waals surface area contributed by atoms with Gasteiger partial charge in [-0.2, -0.15) is 0 Å². The normalized spacial score (nSPS) is 15.1. The van der Waals surface area contributed by atoms with Crippen molar-refractivity contribution in [3.05, 3.63) is 17.8 Å². The minimum absolute atomic E-state index is 0.101. The molecule has 1 aliphatic rings.